The van der Waals surface area contributed by atoms with Crippen molar-refractivity contribution < 1.29 is 0 Å². The van der Waals surface area contributed by atoms with Gasteiger partial charge >= 0.3 is 0 Å². The van der Waals surface area contributed by atoms with Crippen LogP contribution in [-0.4, -0.2) is 10.7 Å². The van der Waals surface area contributed by atoms with Crippen molar-refractivity contribution in [2.24, 2.45) is 10.9 Å². The third kappa shape index (κ3) is 2.82. The number of aryl methyl sites for hydroxylation is 1. The molecular weight excluding hydrogens is 340 g/mol. The Bertz CT molecular complexity index is 1120. The molecule has 0 bridgehead atoms. The van der Waals surface area contributed by atoms with E-state index in [2.05, 4.69) is 98.8 Å². The van der Waals surface area contributed by atoms with Crippen molar-refractivity contribution in [3.8, 4) is 11.1 Å². The average molecular weight is 362 g/mol. The fraction of sp³-hybridized carbons (Fsp3) is 0.154. The van der Waals surface area contributed by atoms with E-state index in [4.69, 9.17) is 9.98 Å². The minimum atomic E-state index is 0.219. The van der Waals surface area contributed by atoms with Crippen molar-refractivity contribution in [1.29, 1.82) is 0 Å². The van der Waals surface area contributed by atoms with Gasteiger partial charge in [0.2, 0.25) is 0 Å². The molecule has 2 unspecified atom stereocenters. The number of allylic oxidation sites excluding steroid dienone is 3. The Labute approximate surface area is 166 Å². The molecular formula is C26H22N2. The van der Waals surface area contributed by atoms with Gasteiger partial charge in [-0.1, -0.05) is 78.9 Å². The molecule has 0 saturated heterocycles. The first-order valence-electron chi connectivity index (χ1n) is 9.78. The molecule has 136 valence electrons. The first-order chi connectivity index (χ1) is 13.7. The first kappa shape index (κ1) is 16.9. The molecule has 0 amide bonds. The highest BCUT2D eigenvalue weighted by Gasteiger charge is 2.33. The number of hydrogen-bond acceptors (Lipinski definition) is 2. The van der Waals surface area contributed by atoms with E-state index in [9.17, 15) is 0 Å². The summed E-state index contributed by atoms with van der Waals surface area (Å²) in [5, 5.41) is 0. The number of benzene rings is 2. The molecule has 2 atom stereocenters. The van der Waals surface area contributed by atoms with Gasteiger partial charge in [0.1, 0.15) is 0 Å². The van der Waals surface area contributed by atoms with Gasteiger partial charge in [-0.05, 0) is 36.6 Å². The molecule has 0 spiro atoms. The maximum Gasteiger partial charge on any atom is 0.0932 e. The lowest BCUT2D eigenvalue weighted by molar-refractivity contribution is 0.718. The van der Waals surface area contributed by atoms with E-state index < -0.39 is 0 Å². The minimum Gasteiger partial charge on any atom is -0.256 e. The van der Waals surface area contributed by atoms with Crippen molar-refractivity contribution in [1.82, 2.24) is 4.98 Å². The summed E-state index contributed by atoms with van der Waals surface area (Å²) in [5.74, 6) is 0.511. The number of nitrogens with zero attached hydrogens (tertiary/aromatic N) is 2. The molecule has 1 aromatic heterocycles. The monoisotopic (exact) mass is 362 g/mol. The van der Waals surface area contributed by atoms with Crippen LogP contribution in [0.15, 0.2) is 89.6 Å². The van der Waals surface area contributed by atoms with E-state index in [1.165, 1.54) is 22.3 Å². The summed E-state index contributed by atoms with van der Waals surface area (Å²) in [4.78, 5) is 9.90. The van der Waals surface area contributed by atoms with Gasteiger partial charge in [-0.2, -0.15) is 0 Å². The molecule has 0 saturated carbocycles. The zero-order valence-electron chi connectivity index (χ0n) is 16.1. The van der Waals surface area contributed by atoms with E-state index in [-0.39, 0.29) is 5.92 Å². The fourth-order valence-corrected chi connectivity index (χ4v) is 4.34. The Morgan fingerprint density at radius 3 is 2.29 bits per heavy atom. The van der Waals surface area contributed by atoms with Crippen LogP contribution >= 0.6 is 0 Å². The number of fused-ring (bicyclic) bond motifs is 3. The summed E-state index contributed by atoms with van der Waals surface area (Å²) in [6.45, 7) is 4.16. The Morgan fingerprint density at radius 1 is 0.821 bits per heavy atom. The Hall–Kier alpha value is -3.26. The van der Waals surface area contributed by atoms with Crippen molar-refractivity contribution in [3.63, 3.8) is 0 Å². The van der Waals surface area contributed by atoms with Crippen LogP contribution in [0.1, 0.15) is 35.4 Å². The predicted molar refractivity (Wildman–Crippen MR) is 116 cm³/mol. The van der Waals surface area contributed by atoms with Crippen molar-refractivity contribution in [2.75, 3.05) is 0 Å². The maximum atomic E-state index is 4.96. The standard InChI is InChI=1S/C26H22N2/c1-17-15-23(19-9-5-3-6-10-19)21-13-14-22-24(20-11-7-4-8-12-20)16-18(2)28-26(22)25(21)27-17/h3-16,21,23H,1-2H3. The highest BCUT2D eigenvalue weighted by Crippen LogP contribution is 2.40. The SMILES string of the molecule is CC1=CC(c2ccccc2)C2C=Cc3c(-c4ccccc4)cc(C)nc3C2=N1. The van der Waals surface area contributed by atoms with Crippen LogP contribution in [0.2, 0.25) is 0 Å². The van der Waals surface area contributed by atoms with Crippen LogP contribution in [0.4, 0.5) is 0 Å². The van der Waals surface area contributed by atoms with Crippen LogP contribution in [-0.2, 0) is 0 Å². The largest absolute Gasteiger partial charge is 0.256 e. The van der Waals surface area contributed by atoms with Gasteiger partial charge in [0, 0.05) is 28.8 Å². The van der Waals surface area contributed by atoms with E-state index in [0.717, 1.165) is 22.8 Å². The Balaban J connectivity index is 1.68. The number of rotatable bonds is 2. The summed E-state index contributed by atoms with van der Waals surface area (Å²) in [5.41, 5.74) is 9.15. The second kappa shape index (κ2) is 6.72. The molecule has 28 heavy (non-hydrogen) atoms. The summed E-state index contributed by atoms with van der Waals surface area (Å²) >= 11 is 0. The minimum absolute atomic E-state index is 0.219. The quantitative estimate of drug-likeness (QED) is 0.533. The van der Waals surface area contributed by atoms with Gasteiger partial charge in [-0.15, -0.1) is 0 Å². The van der Waals surface area contributed by atoms with Crippen molar-refractivity contribution in [2.45, 2.75) is 19.8 Å². The second-order valence-electron chi connectivity index (χ2n) is 7.57. The lowest BCUT2D eigenvalue weighted by atomic mass is 9.75. The summed E-state index contributed by atoms with van der Waals surface area (Å²) < 4.78 is 0. The predicted octanol–water partition coefficient (Wildman–Crippen LogP) is 6.19. The van der Waals surface area contributed by atoms with Gasteiger partial charge in [0.05, 0.1) is 11.4 Å². The zero-order chi connectivity index (χ0) is 19.1. The molecule has 1 aliphatic heterocycles. The first-order valence-corrected chi connectivity index (χ1v) is 9.78. The normalized spacial score (nSPS) is 20.1. The number of aromatic nitrogens is 1. The lowest BCUT2D eigenvalue weighted by Crippen LogP contribution is -2.28. The second-order valence-corrected chi connectivity index (χ2v) is 7.57. The van der Waals surface area contributed by atoms with E-state index in [0.29, 0.717) is 5.92 Å². The van der Waals surface area contributed by atoms with Gasteiger partial charge in [0.15, 0.2) is 0 Å². The molecule has 5 rings (SSSR count). The molecule has 2 heterocycles. The van der Waals surface area contributed by atoms with E-state index in [1.54, 1.807) is 0 Å². The molecule has 2 aromatic carbocycles. The highest BCUT2D eigenvalue weighted by molar-refractivity contribution is 6.10. The van der Waals surface area contributed by atoms with Gasteiger partial charge < -0.3 is 0 Å². The highest BCUT2D eigenvalue weighted by atomic mass is 14.8. The molecule has 2 heteroatoms. The lowest BCUT2D eigenvalue weighted by Gasteiger charge is -2.31. The number of aliphatic imine (C=N–C) groups is 1. The third-order valence-electron chi connectivity index (χ3n) is 5.59. The summed E-state index contributed by atoms with van der Waals surface area (Å²) in [6.07, 6.45) is 6.84. The molecule has 0 fully saturated rings. The topological polar surface area (TPSA) is 25.2 Å². The smallest absolute Gasteiger partial charge is 0.0932 e. The summed E-state index contributed by atoms with van der Waals surface area (Å²) in [6, 6.07) is 23.4. The number of pyridine rings is 1. The molecule has 0 N–H and O–H groups in total. The van der Waals surface area contributed by atoms with Crippen LogP contribution in [0.3, 0.4) is 0 Å². The summed E-state index contributed by atoms with van der Waals surface area (Å²) in [7, 11) is 0. The van der Waals surface area contributed by atoms with E-state index in [1.807, 2.05) is 0 Å². The van der Waals surface area contributed by atoms with Crippen molar-refractivity contribution >= 4 is 11.8 Å². The maximum absolute atomic E-state index is 4.96. The van der Waals surface area contributed by atoms with Crippen LogP contribution in [0, 0.1) is 12.8 Å². The van der Waals surface area contributed by atoms with Crippen LogP contribution < -0.4 is 0 Å². The van der Waals surface area contributed by atoms with Crippen molar-refractivity contribution in [3.05, 3.63) is 107 Å². The average Bonchev–Trinajstić information content (AvgIpc) is 2.74. The molecule has 2 nitrogen and oxygen atoms in total. The Morgan fingerprint density at radius 2 is 1.54 bits per heavy atom. The van der Waals surface area contributed by atoms with Gasteiger partial charge in [0.25, 0.3) is 0 Å². The molecule has 2 aliphatic rings. The van der Waals surface area contributed by atoms with E-state index >= 15 is 0 Å². The molecule has 3 aromatic rings. The van der Waals surface area contributed by atoms with Crippen LogP contribution in [0.25, 0.3) is 17.2 Å². The van der Waals surface area contributed by atoms with Gasteiger partial charge in [-0.3, -0.25) is 9.98 Å². The fourth-order valence-electron chi connectivity index (χ4n) is 4.34. The number of hydrogen-bond donors (Lipinski definition) is 0. The molecule has 1 aliphatic carbocycles. The van der Waals surface area contributed by atoms with Gasteiger partial charge in [-0.25, -0.2) is 0 Å². The van der Waals surface area contributed by atoms with Crippen LogP contribution in [0.5, 0.6) is 0 Å². The molecule has 0 radical (unpaired) electrons. The third-order valence-corrected chi connectivity index (χ3v) is 5.59. The Kier molecular flexibility index (Phi) is 4.05. The zero-order valence-corrected chi connectivity index (χ0v) is 16.1.